The zero-order valence-corrected chi connectivity index (χ0v) is 12.9. The first-order valence-corrected chi connectivity index (χ1v) is 7.04. The molecule has 5 nitrogen and oxygen atoms in total. The predicted octanol–water partition coefficient (Wildman–Crippen LogP) is 4.17. The molecule has 2 rings (SSSR count). The van der Waals surface area contributed by atoms with Crippen LogP contribution in [0.2, 0.25) is 0 Å². The van der Waals surface area contributed by atoms with Crippen molar-refractivity contribution >= 4 is 33.1 Å². The summed E-state index contributed by atoms with van der Waals surface area (Å²) in [6, 6.07) is 12.1. The van der Waals surface area contributed by atoms with Gasteiger partial charge >= 0.3 is 0 Å². The third-order valence-electron chi connectivity index (χ3n) is 3.00. The van der Waals surface area contributed by atoms with Crippen LogP contribution in [-0.2, 0) is 6.54 Å². The maximum Gasteiger partial charge on any atom is 0.293 e. The Bertz CT molecular complexity index is 684. The molecular weight excluding hydrogens is 336 g/mol. The Balaban J connectivity index is 2.21. The van der Waals surface area contributed by atoms with E-state index in [2.05, 4.69) is 21.2 Å². The Morgan fingerprint density at radius 1 is 1.24 bits per heavy atom. The lowest BCUT2D eigenvalue weighted by Crippen LogP contribution is -2.04. The normalized spacial score (nSPS) is 10.2. The maximum absolute atomic E-state index is 11.3. The van der Waals surface area contributed by atoms with E-state index >= 15 is 0 Å². The Hall–Kier alpha value is -2.21. The molecule has 0 aliphatic heterocycles. The number of Topliss-reactive ketones (excluding diaryl/α,β-unsaturated/α-hetero) is 1. The molecule has 0 amide bonds. The minimum atomic E-state index is -0.490. The second-order valence-electron chi connectivity index (χ2n) is 4.53. The van der Waals surface area contributed by atoms with Crippen LogP contribution in [0.3, 0.4) is 0 Å². The van der Waals surface area contributed by atoms with Gasteiger partial charge in [-0.3, -0.25) is 14.9 Å². The molecule has 0 unspecified atom stereocenters. The van der Waals surface area contributed by atoms with Crippen molar-refractivity contribution in [2.24, 2.45) is 0 Å². The molecule has 6 heteroatoms. The second kappa shape index (κ2) is 6.49. The molecule has 0 heterocycles. The van der Waals surface area contributed by atoms with Crippen LogP contribution in [0.15, 0.2) is 46.9 Å². The summed E-state index contributed by atoms with van der Waals surface area (Å²) < 4.78 is 0.975. The lowest BCUT2D eigenvalue weighted by atomic mass is 10.1. The van der Waals surface area contributed by atoms with E-state index in [9.17, 15) is 14.9 Å². The fraction of sp³-hybridized carbons (Fsp3) is 0.133. The van der Waals surface area contributed by atoms with Crippen LogP contribution in [0.1, 0.15) is 22.8 Å². The van der Waals surface area contributed by atoms with Crippen molar-refractivity contribution in [3.8, 4) is 0 Å². The lowest BCUT2D eigenvalue weighted by molar-refractivity contribution is -0.384. The van der Waals surface area contributed by atoms with E-state index in [4.69, 9.17) is 0 Å². The van der Waals surface area contributed by atoms with Crippen LogP contribution < -0.4 is 5.32 Å². The van der Waals surface area contributed by atoms with Gasteiger partial charge in [0.1, 0.15) is 5.69 Å². The number of nitrogens with one attached hydrogen (secondary N) is 1. The zero-order chi connectivity index (χ0) is 15.4. The first-order valence-electron chi connectivity index (χ1n) is 6.25. The third kappa shape index (κ3) is 3.88. The minimum Gasteiger partial charge on any atom is -0.375 e. The summed E-state index contributed by atoms with van der Waals surface area (Å²) in [4.78, 5) is 21.9. The average molecular weight is 349 g/mol. The van der Waals surface area contributed by atoms with Crippen LogP contribution >= 0.6 is 15.9 Å². The van der Waals surface area contributed by atoms with Gasteiger partial charge in [-0.2, -0.15) is 0 Å². The van der Waals surface area contributed by atoms with Gasteiger partial charge in [0, 0.05) is 22.6 Å². The third-order valence-corrected chi connectivity index (χ3v) is 3.53. The first kappa shape index (κ1) is 15.2. The van der Waals surface area contributed by atoms with Gasteiger partial charge in [-0.15, -0.1) is 0 Å². The number of nitro groups is 1. The Labute approximate surface area is 130 Å². The average Bonchev–Trinajstić information content (AvgIpc) is 2.46. The molecule has 0 saturated heterocycles. The molecule has 0 radical (unpaired) electrons. The van der Waals surface area contributed by atoms with Gasteiger partial charge in [-0.05, 0) is 36.8 Å². The van der Waals surface area contributed by atoms with Crippen molar-refractivity contribution < 1.29 is 9.72 Å². The summed E-state index contributed by atoms with van der Waals surface area (Å²) in [5.74, 6) is -0.197. The molecule has 21 heavy (non-hydrogen) atoms. The molecule has 2 aromatic carbocycles. The van der Waals surface area contributed by atoms with E-state index in [-0.39, 0.29) is 11.5 Å². The highest BCUT2D eigenvalue weighted by atomic mass is 79.9. The molecule has 1 N–H and O–H groups in total. The molecule has 0 aliphatic rings. The Morgan fingerprint density at radius 3 is 2.48 bits per heavy atom. The largest absolute Gasteiger partial charge is 0.375 e. The predicted molar refractivity (Wildman–Crippen MR) is 84.6 cm³/mol. The molecule has 0 saturated carbocycles. The second-order valence-corrected chi connectivity index (χ2v) is 5.44. The highest BCUT2D eigenvalue weighted by molar-refractivity contribution is 9.10. The van der Waals surface area contributed by atoms with E-state index in [1.165, 1.54) is 13.0 Å². The Kier molecular flexibility index (Phi) is 4.70. The highest BCUT2D eigenvalue weighted by Gasteiger charge is 2.15. The van der Waals surface area contributed by atoms with Crippen LogP contribution in [-0.4, -0.2) is 10.7 Å². The lowest BCUT2D eigenvalue weighted by Gasteiger charge is -2.08. The van der Waals surface area contributed by atoms with Crippen molar-refractivity contribution in [3.05, 3.63) is 68.2 Å². The quantitative estimate of drug-likeness (QED) is 0.500. The monoisotopic (exact) mass is 348 g/mol. The van der Waals surface area contributed by atoms with Gasteiger partial charge in [-0.1, -0.05) is 28.1 Å². The highest BCUT2D eigenvalue weighted by Crippen LogP contribution is 2.26. The number of nitro benzene ring substituents is 1. The van der Waals surface area contributed by atoms with Gasteiger partial charge in [-0.25, -0.2) is 0 Å². The molecule has 0 bridgehead atoms. The Morgan fingerprint density at radius 2 is 1.90 bits per heavy atom. The topological polar surface area (TPSA) is 72.2 Å². The van der Waals surface area contributed by atoms with Crippen LogP contribution in [0.25, 0.3) is 0 Å². The number of anilines is 1. The molecule has 0 aromatic heterocycles. The standard InChI is InChI=1S/C15H13BrN2O3/c1-10(19)12-4-7-14(15(8-12)18(20)21)17-9-11-2-5-13(16)6-3-11/h2-8,17H,9H2,1H3. The van der Waals surface area contributed by atoms with Gasteiger partial charge in [0.2, 0.25) is 0 Å². The van der Waals surface area contributed by atoms with Gasteiger partial charge in [0.05, 0.1) is 4.92 Å². The fourth-order valence-corrected chi connectivity index (χ4v) is 2.12. The zero-order valence-electron chi connectivity index (χ0n) is 11.3. The number of carbonyl (C=O) groups excluding carboxylic acids is 1. The van der Waals surface area contributed by atoms with Gasteiger partial charge in [0.15, 0.2) is 5.78 Å². The van der Waals surface area contributed by atoms with Crippen molar-refractivity contribution in [1.82, 2.24) is 0 Å². The number of carbonyl (C=O) groups is 1. The number of halogens is 1. The molecule has 2 aromatic rings. The summed E-state index contributed by atoms with van der Waals surface area (Å²) in [6.45, 7) is 1.85. The van der Waals surface area contributed by atoms with E-state index in [1.807, 2.05) is 24.3 Å². The first-order chi connectivity index (χ1) is 9.97. The number of hydrogen-bond acceptors (Lipinski definition) is 4. The van der Waals surface area contributed by atoms with E-state index in [0.29, 0.717) is 17.8 Å². The number of ketones is 1. The van der Waals surface area contributed by atoms with Crippen LogP contribution in [0, 0.1) is 10.1 Å². The van der Waals surface area contributed by atoms with Crippen molar-refractivity contribution in [3.63, 3.8) is 0 Å². The number of rotatable bonds is 5. The number of hydrogen-bond donors (Lipinski definition) is 1. The van der Waals surface area contributed by atoms with E-state index in [0.717, 1.165) is 10.0 Å². The summed E-state index contributed by atoms with van der Waals surface area (Å²) in [5.41, 5.74) is 1.63. The van der Waals surface area contributed by atoms with Crippen LogP contribution in [0.4, 0.5) is 11.4 Å². The van der Waals surface area contributed by atoms with Crippen molar-refractivity contribution in [2.45, 2.75) is 13.5 Å². The van der Waals surface area contributed by atoms with Gasteiger partial charge in [0.25, 0.3) is 5.69 Å². The van der Waals surface area contributed by atoms with E-state index < -0.39 is 4.92 Å². The maximum atomic E-state index is 11.3. The molecule has 0 fully saturated rings. The van der Waals surface area contributed by atoms with Gasteiger partial charge < -0.3 is 5.32 Å². The van der Waals surface area contributed by atoms with Crippen LogP contribution in [0.5, 0.6) is 0 Å². The van der Waals surface area contributed by atoms with Crippen molar-refractivity contribution in [1.29, 1.82) is 0 Å². The minimum absolute atomic E-state index is 0.0974. The van der Waals surface area contributed by atoms with Crippen molar-refractivity contribution in [2.75, 3.05) is 5.32 Å². The summed E-state index contributed by atoms with van der Waals surface area (Å²) in [5, 5.41) is 14.1. The molecular formula is C15H13BrN2O3. The smallest absolute Gasteiger partial charge is 0.293 e. The summed E-state index contributed by atoms with van der Waals surface area (Å²) in [6.07, 6.45) is 0. The van der Waals surface area contributed by atoms with E-state index in [1.54, 1.807) is 12.1 Å². The molecule has 0 atom stereocenters. The molecule has 0 spiro atoms. The summed E-state index contributed by atoms with van der Waals surface area (Å²) >= 11 is 3.35. The molecule has 108 valence electrons. The fourth-order valence-electron chi connectivity index (χ4n) is 1.85. The molecule has 0 aliphatic carbocycles. The summed E-state index contributed by atoms with van der Waals surface area (Å²) in [7, 11) is 0. The number of nitrogens with zero attached hydrogens (tertiary/aromatic N) is 1. The number of benzene rings is 2. The SMILES string of the molecule is CC(=O)c1ccc(NCc2ccc(Br)cc2)c([N+](=O)[O-])c1.